The lowest BCUT2D eigenvalue weighted by molar-refractivity contribution is 0.0595. The molecule has 0 bridgehead atoms. The maximum absolute atomic E-state index is 12.4. The Morgan fingerprint density at radius 3 is 2.00 bits per heavy atom. The summed E-state index contributed by atoms with van der Waals surface area (Å²) in [5, 5.41) is 0. The Bertz CT molecular complexity index is 813. The van der Waals surface area contributed by atoms with Crippen molar-refractivity contribution in [2.75, 3.05) is 35.5 Å². The Morgan fingerprint density at radius 2 is 1.44 bits per heavy atom. The normalized spacial score (nSPS) is 10.3. The van der Waals surface area contributed by atoms with E-state index in [-0.39, 0.29) is 0 Å². The Balaban J connectivity index is 2.48. The summed E-state index contributed by atoms with van der Waals surface area (Å²) in [7, 11) is 7.69. The zero-order valence-corrected chi connectivity index (χ0v) is 16.7. The molecule has 0 radical (unpaired) electrons. The predicted octanol–water partition coefficient (Wildman–Crippen LogP) is 3.60. The third-order valence-electron chi connectivity index (χ3n) is 4.53. The van der Waals surface area contributed by atoms with Crippen molar-refractivity contribution in [3.63, 3.8) is 0 Å². The van der Waals surface area contributed by atoms with E-state index in [1.54, 1.807) is 21.3 Å². The minimum Gasteiger partial charge on any atom is -0.496 e. The second-order valence-electron chi connectivity index (χ2n) is 5.92. The molecule has 0 unspecified atom stereocenters. The molecule has 0 aliphatic rings. The van der Waals surface area contributed by atoms with Gasteiger partial charge in [-0.2, -0.15) is 0 Å². The van der Waals surface area contributed by atoms with Crippen LogP contribution < -0.4 is 18.9 Å². The van der Waals surface area contributed by atoms with Gasteiger partial charge in [0.2, 0.25) is 0 Å². The van der Waals surface area contributed by atoms with Crippen LogP contribution in [0.3, 0.4) is 0 Å². The Morgan fingerprint density at radius 1 is 0.815 bits per heavy atom. The van der Waals surface area contributed by atoms with Gasteiger partial charge in [0.1, 0.15) is 17.1 Å². The number of hydrogen-bond donors (Lipinski definition) is 0. The second-order valence-corrected chi connectivity index (χ2v) is 5.92. The van der Waals surface area contributed by atoms with E-state index >= 15 is 0 Å². The lowest BCUT2D eigenvalue weighted by atomic mass is 9.95. The quantitative estimate of drug-likeness (QED) is 0.658. The Labute approximate surface area is 160 Å². The summed E-state index contributed by atoms with van der Waals surface area (Å²) in [5.74, 6) is 2.04. The molecule has 0 heterocycles. The molecule has 0 N–H and O–H groups in total. The largest absolute Gasteiger partial charge is 0.496 e. The topological polar surface area (TPSA) is 63.2 Å². The van der Waals surface area contributed by atoms with Gasteiger partial charge in [0.05, 0.1) is 35.5 Å². The first-order valence-electron chi connectivity index (χ1n) is 8.54. The molecule has 0 aliphatic carbocycles. The van der Waals surface area contributed by atoms with Gasteiger partial charge in [-0.15, -0.1) is 0 Å². The zero-order valence-electron chi connectivity index (χ0n) is 16.7. The van der Waals surface area contributed by atoms with Crippen LogP contribution in [-0.4, -0.2) is 41.5 Å². The Hall–Kier alpha value is -2.89. The van der Waals surface area contributed by atoms with Crippen molar-refractivity contribution in [3.8, 4) is 23.0 Å². The van der Waals surface area contributed by atoms with Crippen LogP contribution >= 0.6 is 0 Å². The van der Waals surface area contributed by atoms with Crippen LogP contribution in [-0.2, 0) is 17.6 Å². The average molecular weight is 374 g/mol. The van der Waals surface area contributed by atoms with Crippen LogP contribution in [0.4, 0.5) is 0 Å². The number of methoxy groups -OCH3 is 5. The molecule has 0 amide bonds. The standard InChI is InChI=1S/C21H26O6/c1-13-17(24-3)12-15(18(19(13)25-4)21(22)27-6)11-10-14-8-7-9-16(23-2)20(14)26-5/h7-9,12H,10-11H2,1-6H3. The molecule has 2 rings (SSSR count). The first-order valence-corrected chi connectivity index (χ1v) is 8.54. The van der Waals surface area contributed by atoms with Gasteiger partial charge in [-0.25, -0.2) is 4.79 Å². The van der Waals surface area contributed by atoms with Crippen molar-refractivity contribution in [2.45, 2.75) is 19.8 Å². The van der Waals surface area contributed by atoms with E-state index in [9.17, 15) is 4.79 Å². The third kappa shape index (κ3) is 4.10. The van der Waals surface area contributed by atoms with Gasteiger partial charge in [0.25, 0.3) is 0 Å². The van der Waals surface area contributed by atoms with Gasteiger partial charge in [-0.3, -0.25) is 0 Å². The van der Waals surface area contributed by atoms with Crippen LogP contribution in [0.5, 0.6) is 23.0 Å². The van der Waals surface area contributed by atoms with E-state index < -0.39 is 5.97 Å². The van der Waals surface area contributed by atoms with Crippen LogP contribution in [0.15, 0.2) is 24.3 Å². The fourth-order valence-corrected chi connectivity index (χ4v) is 3.19. The molecule has 6 heteroatoms. The second kappa shape index (κ2) is 9.16. The summed E-state index contributed by atoms with van der Waals surface area (Å²) in [6.45, 7) is 1.85. The molecule has 0 saturated heterocycles. The molecular formula is C21H26O6. The predicted molar refractivity (Wildman–Crippen MR) is 103 cm³/mol. The van der Waals surface area contributed by atoms with Crippen molar-refractivity contribution in [1.29, 1.82) is 0 Å². The van der Waals surface area contributed by atoms with Crippen molar-refractivity contribution in [3.05, 3.63) is 46.5 Å². The molecule has 0 saturated carbocycles. The van der Waals surface area contributed by atoms with Crippen molar-refractivity contribution in [2.24, 2.45) is 0 Å². The molecule has 146 valence electrons. The highest BCUT2D eigenvalue weighted by molar-refractivity contribution is 5.95. The number of hydrogen-bond acceptors (Lipinski definition) is 6. The molecule has 0 fully saturated rings. The fraction of sp³-hybridized carbons (Fsp3) is 0.381. The summed E-state index contributed by atoms with van der Waals surface area (Å²) >= 11 is 0. The number of rotatable bonds is 8. The summed E-state index contributed by atoms with van der Waals surface area (Å²) < 4.78 is 26.8. The zero-order chi connectivity index (χ0) is 20.0. The van der Waals surface area contributed by atoms with E-state index in [1.165, 1.54) is 14.2 Å². The van der Waals surface area contributed by atoms with Crippen LogP contribution in [0.25, 0.3) is 0 Å². The fourth-order valence-electron chi connectivity index (χ4n) is 3.19. The number of aryl methyl sites for hydroxylation is 2. The minimum absolute atomic E-state index is 0.417. The minimum atomic E-state index is -0.440. The van der Waals surface area contributed by atoms with E-state index in [4.69, 9.17) is 23.7 Å². The highest BCUT2D eigenvalue weighted by atomic mass is 16.5. The first-order chi connectivity index (χ1) is 13.0. The third-order valence-corrected chi connectivity index (χ3v) is 4.53. The molecule has 27 heavy (non-hydrogen) atoms. The lowest BCUT2D eigenvalue weighted by Crippen LogP contribution is -2.11. The number of benzene rings is 2. The van der Waals surface area contributed by atoms with Crippen molar-refractivity contribution in [1.82, 2.24) is 0 Å². The highest BCUT2D eigenvalue weighted by Crippen LogP contribution is 2.37. The molecule has 0 atom stereocenters. The summed E-state index contributed by atoms with van der Waals surface area (Å²) in [4.78, 5) is 12.4. The molecule has 0 spiro atoms. The number of carbonyl (C=O) groups is 1. The summed E-state index contributed by atoms with van der Waals surface area (Å²) in [6.07, 6.45) is 1.21. The maximum atomic E-state index is 12.4. The molecule has 6 nitrogen and oxygen atoms in total. The van der Waals surface area contributed by atoms with Gasteiger partial charge < -0.3 is 23.7 Å². The molecule has 2 aromatic rings. The van der Waals surface area contributed by atoms with Gasteiger partial charge >= 0.3 is 5.97 Å². The van der Waals surface area contributed by atoms with E-state index in [0.29, 0.717) is 41.4 Å². The number of carbonyl (C=O) groups excluding carboxylic acids is 1. The smallest absolute Gasteiger partial charge is 0.341 e. The molecule has 0 aromatic heterocycles. The van der Waals surface area contributed by atoms with Gasteiger partial charge in [-0.05, 0) is 43.0 Å². The Kier molecular flexibility index (Phi) is 6.93. The highest BCUT2D eigenvalue weighted by Gasteiger charge is 2.23. The van der Waals surface area contributed by atoms with E-state index in [1.807, 2.05) is 31.2 Å². The first kappa shape index (κ1) is 20.4. The maximum Gasteiger partial charge on any atom is 0.341 e. The van der Waals surface area contributed by atoms with E-state index in [2.05, 4.69) is 0 Å². The van der Waals surface area contributed by atoms with Crippen LogP contribution in [0, 0.1) is 6.92 Å². The summed E-state index contributed by atoms with van der Waals surface area (Å²) in [6, 6.07) is 7.59. The number of ether oxygens (including phenoxy) is 5. The van der Waals surface area contributed by atoms with Gasteiger partial charge in [-0.1, -0.05) is 12.1 Å². The van der Waals surface area contributed by atoms with Crippen LogP contribution in [0.2, 0.25) is 0 Å². The van der Waals surface area contributed by atoms with Crippen molar-refractivity contribution >= 4 is 5.97 Å². The average Bonchev–Trinajstić information content (AvgIpc) is 2.71. The molecule has 0 aliphatic heterocycles. The van der Waals surface area contributed by atoms with Crippen LogP contribution in [0.1, 0.15) is 27.0 Å². The van der Waals surface area contributed by atoms with E-state index in [0.717, 1.165) is 16.7 Å². The summed E-state index contributed by atoms with van der Waals surface area (Å²) in [5.41, 5.74) is 2.93. The number of esters is 1. The van der Waals surface area contributed by atoms with Crippen molar-refractivity contribution < 1.29 is 28.5 Å². The number of para-hydroxylation sites is 1. The van der Waals surface area contributed by atoms with Gasteiger partial charge in [0.15, 0.2) is 11.5 Å². The SMILES string of the molecule is COC(=O)c1c(CCc2cccc(OC)c2OC)cc(OC)c(C)c1OC. The monoisotopic (exact) mass is 374 g/mol. The van der Waals surface area contributed by atoms with Gasteiger partial charge in [0, 0.05) is 5.56 Å². The molecular weight excluding hydrogens is 348 g/mol. The molecule has 2 aromatic carbocycles. The lowest BCUT2D eigenvalue weighted by Gasteiger charge is -2.18.